The Bertz CT molecular complexity index is 197. The largest absolute Gasteiger partial charge is 0.397 e. The molecule has 0 saturated carbocycles. The molecule has 0 aliphatic heterocycles. The van der Waals surface area contributed by atoms with Crippen LogP contribution in [0.25, 0.3) is 0 Å². The molecule has 0 aliphatic rings. The van der Waals surface area contributed by atoms with Crippen molar-refractivity contribution in [3.05, 3.63) is 12.3 Å². The van der Waals surface area contributed by atoms with Crippen molar-refractivity contribution in [3.8, 4) is 0 Å². The molecule has 0 fully saturated rings. The number of hydrogen-bond donors (Lipinski definition) is 1. The summed E-state index contributed by atoms with van der Waals surface area (Å²) in [6.07, 6.45) is 2.66. The lowest BCUT2D eigenvalue weighted by molar-refractivity contribution is 0.0835. The van der Waals surface area contributed by atoms with Gasteiger partial charge >= 0.3 is 0 Å². The van der Waals surface area contributed by atoms with E-state index >= 15 is 0 Å². The molecule has 2 N–H and O–H groups in total. The van der Waals surface area contributed by atoms with Crippen molar-refractivity contribution in [1.82, 2.24) is 9.94 Å². The van der Waals surface area contributed by atoms with Crippen molar-refractivity contribution in [2.24, 2.45) is 0 Å². The van der Waals surface area contributed by atoms with Gasteiger partial charge in [0.2, 0.25) is 0 Å². The number of nitrogen functional groups attached to an aromatic ring is 1. The Morgan fingerprint density at radius 3 is 3.10 bits per heavy atom. The summed E-state index contributed by atoms with van der Waals surface area (Å²) in [5.41, 5.74) is 5.34. The van der Waals surface area contributed by atoms with Crippen LogP contribution in [0.2, 0.25) is 0 Å². The summed E-state index contributed by atoms with van der Waals surface area (Å²) in [5.74, 6) is 0.483. The van der Waals surface area contributed by atoms with Crippen molar-refractivity contribution in [2.75, 3.05) is 12.3 Å². The Balaban J connectivity index is 2.42. The zero-order valence-corrected chi connectivity index (χ0v) is 5.95. The average molecular weight is 141 g/mol. The van der Waals surface area contributed by atoms with Crippen molar-refractivity contribution in [3.63, 3.8) is 0 Å². The van der Waals surface area contributed by atoms with E-state index in [4.69, 9.17) is 10.6 Å². The van der Waals surface area contributed by atoms with Gasteiger partial charge in [0.05, 0.1) is 6.20 Å². The second kappa shape index (κ2) is 3.10. The predicted molar refractivity (Wildman–Crippen MR) is 38.4 cm³/mol. The van der Waals surface area contributed by atoms with Crippen LogP contribution >= 0.6 is 0 Å². The lowest BCUT2D eigenvalue weighted by Gasteiger charge is -2.00. The van der Waals surface area contributed by atoms with Gasteiger partial charge in [-0.15, -0.1) is 9.94 Å². The normalized spacial score (nSPS) is 9.70. The van der Waals surface area contributed by atoms with Gasteiger partial charge in [-0.2, -0.15) is 0 Å². The summed E-state index contributed by atoms with van der Waals surface area (Å²) in [4.78, 5) is 6.48. The number of nitrogens with zero attached hydrogens (tertiary/aromatic N) is 2. The SMILES string of the molecule is CCCOn1ccc(N)n1. The van der Waals surface area contributed by atoms with Crippen LogP contribution in [0.1, 0.15) is 13.3 Å². The zero-order chi connectivity index (χ0) is 7.40. The third kappa shape index (κ3) is 1.65. The van der Waals surface area contributed by atoms with Crippen LogP contribution in [0.3, 0.4) is 0 Å². The molecule has 0 spiro atoms. The average Bonchev–Trinajstić information content (AvgIpc) is 2.31. The monoisotopic (exact) mass is 141 g/mol. The van der Waals surface area contributed by atoms with E-state index in [1.54, 1.807) is 12.3 Å². The van der Waals surface area contributed by atoms with Crippen LogP contribution < -0.4 is 10.6 Å². The molecule has 0 unspecified atom stereocenters. The van der Waals surface area contributed by atoms with Crippen molar-refractivity contribution < 1.29 is 4.84 Å². The number of hydrogen-bond acceptors (Lipinski definition) is 3. The minimum atomic E-state index is 0.483. The molecule has 0 atom stereocenters. The Morgan fingerprint density at radius 2 is 2.60 bits per heavy atom. The van der Waals surface area contributed by atoms with E-state index in [2.05, 4.69) is 5.10 Å². The molecule has 0 bridgehead atoms. The van der Waals surface area contributed by atoms with E-state index in [0.717, 1.165) is 6.42 Å². The second-order valence-electron chi connectivity index (χ2n) is 1.98. The fourth-order valence-corrected chi connectivity index (χ4v) is 0.577. The van der Waals surface area contributed by atoms with Crippen LogP contribution in [0.15, 0.2) is 12.3 Å². The molecule has 10 heavy (non-hydrogen) atoms. The van der Waals surface area contributed by atoms with Gasteiger partial charge in [-0.1, -0.05) is 6.92 Å². The zero-order valence-electron chi connectivity index (χ0n) is 5.95. The van der Waals surface area contributed by atoms with Gasteiger partial charge < -0.3 is 10.6 Å². The summed E-state index contributed by atoms with van der Waals surface area (Å²) < 4.78 is 0. The molecule has 1 rings (SSSR count). The first kappa shape index (κ1) is 6.92. The van der Waals surface area contributed by atoms with Gasteiger partial charge in [0, 0.05) is 6.07 Å². The molecule has 0 radical (unpaired) electrons. The molecule has 0 aliphatic carbocycles. The first-order valence-electron chi connectivity index (χ1n) is 3.27. The minimum absolute atomic E-state index is 0.483. The molecule has 1 aromatic heterocycles. The number of nitrogens with two attached hydrogens (primary N) is 1. The fourth-order valence-electron chi connectivity index (χ4n) is 0.577. The minimum Gasteiger partial charge on any atom is -0.397 e. The van der Waals surface area contributed by atoms with E-state index in [-0.39, 0.29) is 0 Å². The van der Waals surface area contributed by atoms with Crippen LogP contribution in [0.4, 0.5) is 5.82 Å². The van der Waals surface area contributed by atoms with Crippen molar-refractivity contribution in [1.29, 1.82) is 0 Å². The number of rotatable bonds is 3. The maximum Gasteiger partial charge on any atom is 0.149 e. The maximum atomic E-state index is 5.34. The van der Waals surface area contributed by atoms with Crippen molar-refractivity contribution >= 4 is 5.82 Å². The lowest BCUT2D eigenvalue weighted by Crippen LogP contribution is -2.12. The van der Waals surface area contributed by atoms with Gasteiger partial charge in [-0.05, 0) is 6.42 Å². The molecule has 0 aromatic carbocycles. The number of aromatic nitrogens is 2. The van der Waals surface area contributed by atoms with Gasteiger partial charge in [0.25, 0.3) is 0 Å². The highest BCUT2D eigenvalue weighted by Gasteiger charge is 1.91. The summed E-state index contributed by atoms with van der Waals surface area (Å²) in [5, 5.41) is 3.82. The third-order valence-corrected chi connectivity index (χ3v) is 1.01. The lowest BCUT2D eigenvalue weighted by atomic mass is 10.5. The van der Waals surface area contributed by atoms with Crippen LogP contribution in [-0.2, 0) is 0 Å². The highest BCUT2D eigenvalue weighted by Crippen LogP contribution is 1.92. The van der Waals surface area contributed by atoms with E-state index in [0.29, 0.717) is 12.4 Å². The maximum absolute atomic E-state index is 5.34. The van der Waals surface area contributed by atoms with Crippen LogP contribution in [-0.4, -0.2) is 16.6 Å². The van der Waals surface area contributed by atoms with E-state index in [1.807, 2.05) is 6.92 Å². The third-order valence-electron chi connectivity index (χ3n) is 1.01. The second-order valence-corrected chi connectivity index (χ2v) is 1.98. The first-order chi connectivity index (χ1) is 4.83. The number of anilines is 1. The van der Waals surface area contributed by atoms with E-state index in [9.17, 15) is 0 Å². The quantitative estimate of drug-likeness (QED) is 0.658. The van der Waals surface area contributed by atoms with Gasteiger partial charge in [0.15, 0.2) is 0 Å². The van der Waals surface area contributed by atoms with Crippen LogP contribution in [0.5, 0.6) is 0 Å². The molecule has 1 heterocycles. The molecule has 4 nitrogen and oxygen atoms in total. The van der Waals surface area contributed by atoms with E-state index < -0.39 is 0 Å². The smallest absolute Gasteiger partial charge is 0.149 e. The Kier molecular flexibility index (Phi) is 2.15. The molecular formula is C6H11N3O. The summed E-state index contributed by atoms with van der Waals surface area (Å²) in [7, 11) is 0. The molecule has 56 valence electrons. The highest BCUT2D eigenvalue weighted by molar-refractivity contribution is 5.23. The summed E-state index contributed by atoms with van der Waals surface area (Å²) in [6, 6.07) is 1.69. The van der Waals surface area contributed by atoms with Gasteiger partial charge in [-0.25, -0.2) is 0 Å². The van der Waals surface area contributed by atoms with E-state index in [1.165, 1.54) is 4.85 Å². The highest BCUT2D eigenvalue weighted by atomic mass is 16.7. The molecule has 0 saturated heterocycles. The molecule has 4 heteroatoms. The molecule has 1 aromatic rings. The Labute approximate surface area is 59.5 Å². The predicted octanol–water partition coefficient (Wildman–Crippen LogP) is 0.304. The first-order valence-corrected chi connectivity index (χ1v) is 3.27. The topological polar surface area (TPSA) is 53.1 Å². The molecular weight excluding hydrogens is 130 g/mol. The fraction of sp³-hybridized carbons (Fsp3) is 0.500. The molecule has 0 amide bonds. The standard InChI is InChI=1S/C6H11N3O/c1-2-5-10-9-4-3-6(7)8-9/h3-4H,2,5H2,1H3,(H2,7,8). The Hall–Kier alpha value is -1.19. The summed E-state index contributed by atoms with van der Waals surface area (Å²) in [6.45, 7) is 2.70. The van der Waals surface area contributed by atoms with Gasteiger partial charge in [0.1, 0.15) is 12.4 Å². The van der Waals surface area contributed by atoms with Crippen LogP contribution in [0, 0.1) is 0 Å². The Morgan fingerprint density at radius 1 is 1.80 bits per heavy atom. The van der Waals surface area contributed by atoms with Gasteiger partial charge in [-0.3, -0.25) is 0 Å². The van der Waals surface area contributed by atoms with Crippen molar-refractivity contribution in [2.45, 2.75) is 13.3 Å². The summed E-state index contributed by atoms with van der Waals surface area (Å²) >= 11 is 0.